The minimum absolute atomic E-state index is 0.473. The summed E-state index contributed by atoms with van der Waals surface area (Å²) < 4.78 is 0. The summed E-state index contributed by atoms with van der Waals surface area (Å²) >= 11 is 0. The van der Waals surface area contributed by atoms with E-state index in [4.69, 9.17) is 5.73 Å². The molecule has 2 saturated carbocycles. The van der Waals surface area contributed by atoms with Gasteiger partial charge in [0.05, 0.1) is 0 Å². The number of hydrogen-bond donors (Lipinski definition) is 1. The van der Waals surface area contributed by atoms with Crippen molar-refractivity contribution in [3.05, 3.63) is 0 Å². The van der Waals surface area contributed by atoms with Crippen molar-refractivity contribution in [1.29, 1.82) is 0 Å². The Morgan fingerprint density at radius 1 is 1.21 bits per heavy atom. The summed E-state index contributed by atoms with van der Waals surface area (Å²) in [6.45, 7) is 5.98. The molecule has 2 nitrogen and oxygen atoms in total. The Labute approximate surface area is 87.8 Å². The maximum atomic E-state index is 5.98. The van der Waals surface area contributed by atoms with E-state index in [1.54, 1.807) is 0 Å². The fraction of sp³-hybridized carbons (Fsp3) is 1.00. The standard InChI is InChI=1S/C12H24N2/c1-9(2)14(8-10-3-4-10)12-6-5-11(13)7-12/h9-12H,3-8,13H2,1-2H3. The maximum Gasteiger partial charge on any atom is 0.0113 e. The molecule has 0 saturated heterocycles. The van der Waals surface area contributed by atoms with E-state index in [1.165, 1.54) is 38.6 Å². The smallest absolute Gasteiger partial charge is 0.0113 e. The first kappa shape index (κ1) is 10.4. The lowest BCUT2D eigenvalue weighted by atomic mass is 10.1. The van der Waals surface area contributed by atoms with Crippen molar-refractivity contribution >= 4 is 0 Å². The van der Waals surface area contributed by atoms with E-state index in [1.807, 2.05) is 0 Å². The molecule has 2 N–H and O–H groups in total. The van der Waals surface area contributed by atoms with Crippen molar-refractivity contribution in [1.82, 2.24) is 4.90 Å². The van der Waals surface area contributed by atoms with Gasteiger partial charge in [-0.3, -0.25) is 4.90 Å². The van der Waals surface area contributed by atoms with E-state index in [2.05, 4.69) is 18.7 Å². The van der Waals surface area contributed by atoms with Gasteiger partial charge in [0.1, 0.15) is 0 Å². The Morgan fingerprint density at radius 2 is 1.93 bits per heavy atom. The van der Waals surface area contributed by atoms with Crippen LogP contribution in [0.3, 0.4) is 0 Å². The predicted molar refractivity (Wildman–Crippen MR) is 60.2 cm³/mol. The molecule has 0 heterocycles. The summed E-state index contributed by atoms with van der Waals surface area (Å²) in [5, 5.41) is 0. The molecule has 14 heavy (non-hydrogen) atoms. The Kier molecular flexibility index (Phi) is 3.13. The molecule has 2 atom stereocenters. The first-order valence-corrected chi connectivity index (χ1v) is 6.18. The van der Waals surface area contributed by atoms with E-state index >= 15 is 0 Å². The van der Waals surface area contributed by atoms with Gasteiger partial charge < -0.3 is 5.73 Å². The molecule has 0 bridgehead atoms. The first-order valence-electron chi connectivity index (χ1n) is 6.18. The Hall–Kier alpha value is -0.0800. The van der Waals surface area contributed by atoms with Crippen molar-refractivity contribution in [3.8, 4) is 0 Å². The normalized spacial score (nSPS) is 33.2. The third-order valence-electron chi connectivity index (χ3n) is 3.74. The van der Waals surface area contributed by atoms with Gasteiger partial charge >= 0.3 is 0 Å². The van der Waals surface area contributed by atoms with E-state index in [0.29, 0.717) is 12.1 Å². The summed E-state index contributed by atoms with van der Waals surface area (Å²) in [4.78, 5) is 2.70. The van der Waals surface area contributed by atoms with Gasteiger partial charge in [-0.2, -0.15) is 0 Å². The van der Waals surface area contributed by atoms with Crippen LogP contribution in [-0.2, 0) is 0 Å². The van der Waals surface area contributed by atoms with Crippen LogP contribution in [0, 0.1) is 5.92 Å². The second-order valence-corrected chi connectivity index (χ2v) is 5.46. The molecule has 2 unspecified atom stereocenters. The molecule has 2 fully saturated rings. The zero-order chi connectivity index (χ0) is 10.1. The Balaban J connectivity index is 1.88. The monoisotopic (exact) mass is 196 g/mol. The SMILES string of the molecule is CC(C)N(CC1CC1)C1CCC(N)C1. The average molecular weight is 196 g/mol. The summed E-state index contributed by atoms with van der Waals surface area (Å²) in [6.07, 6.45) is 6.71. The topological polar surface area (TPSA) is 29.3 Å². The molecule has 0 spiro atoms. The van der Waals surface area contributed by atoms with E-state index < -0.39 is 0 Å². The predicted octanol–water partition coefficient (Wildman–Crippen LogP) is 1.99. The molecular weight excluding hydrogens is 172 g/mol. The fourth-order valence-electron chi connectivity index (χ4n) is 2.67. The summed E-state index contributed by atoms with van der Waals surface area (Å²) in [5.74, 6) is 1.01. The van der Waals surface area contributed by atoms with Crippen LogP contribution in [0.15, 0.2) is 0 Å². The van der Waals surface area contributed by atoms with E-state index in [-0.39, 0.29) is 0 Å². The highest BCUT2D eigenvalue weighted by Gasteiger charge is 2.32. The van der Waals surface area contributed by atoms with Gasteiger partial charge in [0.15, 0.2) is 0 Å². The third kappa shape index (κ3) is 2.48. The highest BCUT2D eigenvalue weighted by atomic mass is 15.2. The lowest BCUT2D eigenvalue weighted by molar-refractivity contribution is 0.147. The van der Waals surface area contributed by atoms with Gasteiger partial charge in [0, 0.05) is 24.7 Å². The van der Waals surface area contributed by atoms with Crippen LogP contribution in [0.25, 0.3) is 0 Å². The fourth-order valence-corrected chi connectivity index (χ4v) is 2.67. The van der Waals surface area contributed by atoms with Gasteiger partial charge in [-0.1, -0.05) is 0 Å². The zero-order valence-electron chi connectivity index (χ0n) is 9.58. The molecular formula is C12H24N2. The molecule has 0 radical (unpaired) electrons. The number of nitrogens with zero attached hydrogens (tertiary/aromatic N) is 1. The Morgan fingerprint density at radius 3 is 2.36 bits per heavy atom. The van der Waals surface area contributed by atoms with Crippen molar-refractivity contribution in [2.75, 3.05) is 6.54 Å². The molecule has 0 aromatic carbocycles. The Bertz CT molecular complexity index is 187. The van der Waals surface area contributed by atoms with E-state index in [0.717, 1.165) is 12.0 Å². The first-order chi connectivity index (χ1) is 6.66. The van der Waals surface area contributed by atoms with Crippen LogP contribution in [0.2, 0.25) is 0 Å². The lowest BCUT2D eigenvalue weighted by Crippen LogP contribution is -2.41. The molecule has 82 valence electrons. The average Bonchev–Trinajstić information content (AvgIpc) is 2.84. The molecule has 0 amide bonds. The summed E-state index contributed by atoms with van der Waals surface area (Å²) in [5.41, 5.74) is 5.98. The summed E-state index contributed by atoms with van der Waals surface area (Å²) in [6, 6.07) is 1.96. The van der Waals surface area contributed by atoms with Crippen LogP contribution in [-0.4, -0.2) is 29.6 Å². The second kappa shape index (κ2) is 4.19. The van der Waals surface area contributed by atoms with Gasteiger partial charge in [-0.05, 0) is 51.9 Å². The largest absolute Gasteiger partial charge is 0.328 e. The molecule has 2 heteroatoms. The lowest BCUT2D eigenvalue weighted by Gasteiger charge is -2.32. The highest BCUT2D eigenvalue weighted by molar-refractivity contribution is 4.89. The number of hydrogen-bond acceptors (Lipinski definition) is 2. The van der Waals surface area contributed by atoms with Gasteiger partial charge in [0.2, 0.25) is 0 Å². The molecule has 2 aliphatic carbocycles. The van der Waals surface area contributed by atoms with Crippen molar-refractivity contribution < 1.29 is 0 Å². The van der Waals surface area contributed by atoms with Crippen LogP contribution in [0.4, 0.5) is 0 Å². The minimum atomic E-state index is 0.473. The van der Waals surface area contributed by atoms with Crippen LogP contribution >= 0.6 is 0 Å². The molecule has 0 aromatic heterocycles. The van der Waals surface area contributed by atoms with Crippen LogP contribution in [0.1, 0.15) is 46.0 Å². The second-order valence-electron chi connectivity index (χ2n) is 5.46. The molecule has 0 aromatic rings. The summed E-state index contributed by atoms with van der Waals surface area (Å²) in [7, 11) is 0. The van der Waals surface area contributed by atoms with Crippen molar-refractivity contribution in [2.45, 2.75) is 64.1 Å². The maximum absolute atomic E-state index is 5.98. The molecule has 0 aliphatic heterocycles. The van der Waals surface area contributed by atoms with Gasteiger partial charge in [-0.15, -0.1) is 0 Å². The number of rotatable bonds is 4. The minimum Gasteiger partial charge on any atom is -0.328 e. The quantitative estimate of drug-likeness (QED) is 0.745. The molecule has 2 aliphatic rings. The zero-order valence-corrected chi connectivity index (χ0v) is 9.58. The van der Waals surface area contributed by atoms with E-state index in [9.17, 15) is 0 Å². The van der Waals surface area contributed by atoms with Crippen LogP contribution in [0.5, 0.6) is 0 Å². The van der Waals surface area contributed by atoms with Crippen LogP contribution < -0.4 is 5.73 Å². The van der Waals surface area contributed by atoms with Gasteiger partial charge in [0.25, 0.3) is 0 Å². The van der Waals surface area contributed by atoms with Gasteiger partial charge in [-0.25, -0.2) is 0 Å². The third-order valence-corrected chi connectivity index (χ3v) is 3.74. The van der Waals surface area contributed by atoms with Crippen molar-refractivity contribution in [2.24, 2.45) is 11.7 Å². The molecule has 2 rings (SSSR count). The van der Waals surface area contributed by atoms with Crippen molar-refractivity contribution in [3.63, 3.8) is 0 Å². The highest BCUT2D eigenvalue weighted by Crippen LogP contribution is 2.33. The number of nitrogens with two attached hydrogens (primary N) is 1.